The number of nitrogens with zero attached hydrogens (tertiary/aromatic N) is 3. The maximum Gasteiger partial charge on any atom is 0.137 e. The lowest BCUT2D eigenvalue weighted by Gasteiger charge is -2.34. The van der Waals surface area contributed by atoms with Crippen LogP contribution in [-0.2, 0) is 11.2 Å². The third-order valence-electron chi connectivity index (χ3n) is 3.80. The molecule has 1 aliphatic rings. The third kappa shape index (κ3) is 3.20. The molecular formula is C15H26N4O. The summed E-state index contributed by atoms with van der Waals surface area (Å²) in [5.74, 6) is 2.89. The molecule has 2 rings (SSSR count). The van der Waals surface area contributed by atoms with E-state index in [0.717, 1.165) is 62.0 Å². The molecule has 1 unspecified atom stereocenters. The molecule has 0 aliphatic carbocycles. The Morgan fingerprint density at radius 1 is 1.35 bits per heavy atom. The van der Waals surface area contributed by atoms with Gasteiger partial charge in [0, 0.05) is 38.7 Å². The van der Waals surface area contributed by atoms with Crippen LogP contribution in [-0.4, -0.2) is 42.8 Å². The monoisotopic (exact) mass is 278 g/mol. The zero-order valence-corrected chi connectivity index (χ0v) is 13.1. The number of rotatable bonds is 5. The summed E-state index contributed by atoms with van der Waals surface area (Å²) in [6, 6.07) is 0. The SMILES string of the molecule is CCOC1CCCN(c2nc(CC)nc(NC)c2C)C1. The highest BCUT2D eigenvalue weighted by Crippen LogP contribution is 2.26. The fourth-order valence-corrected chi connectivity index (χ4v) is 2.76. The summed E-state index contributed by atoms with van der Waals surface area (Å²) < 4.78 is 5.79. The van der Waals surface area contributed by atoms with E-state index in [-0.39, 0.29) is 0 Å². The van der Waals surface area contributed by atoms with Gasteiger partial charge in [-0.05, 0) is 26.7 Å². The van der Waals surface area contributed by atoms with Crippen LogP contribution in [0, 0.1) is 6.92 Å². The first-order valence-corrected chi connectivity index (χ1v) is 7.61. The van der Waals surface area contributed by atoms with Gasteiger partial charge in [0.1, 0.15) is 17.5 Å². The lowest BCUT2D eigenvalue weighted by atomic mass is 10.1. The fourth-order valence-electron chi connectivity index (χ4n) is 2.76. The standard InChI is InChI=1S/C15H26N4O/c1-5-13-17-14(16-4)11(3)15(18-13)19-9-7-8-12(10-19)20-6-2/h12H,5-10H2,1-4H3,(H,16,17,18). The van der Waals surface area contributed by atoms with Crippen LogP contribution in [0.1, 0.15) is 38.1 Å². The van der Waals surface area contributed by atoms with Crippen molar-refractivity contribution in [2.45, 2.75) is 46.1 Å². The minimum atomic E-state index is 0.325. The van der Waals surface area contributed by atoms with Crippen molar-refractivity contribution >= 4 is 11.6 Å². The van der Waals surface area contributed by atoms with Crippen LogP contribution in [0.5, 0.6) is 0 Å². The Bertz CT molecular complexity index is 448. The lowest BCUT2D eigenvalue weighted by molar-refractivity contribution is 0.0525. The van der Waals surface area contributed by atoms with Gasteiger partial charge >= 0.3 is 0 Å². The first kappa shape index (κ1) is 15.0. The molecular weight excluding hydrogens is 252 g/mol. The van der Waals surface area contributed by atoms with Crippen molar-refractivity contribution < 1.29 is 4.74 Å². The smallest absolute Gasteiger partial charge is 0.137 e. The van der Waals surface area contributed by atoms with Crippen LogP contribution in [0.4, 0.5) is 11.6 Å². The van der Waals surface area contributed by atoms with Gasteiger partial charge in [0.15, 0.2) is 0 Å². The Morgan fingerprint density at radius 2 is 2.15 bits per heavy atom. The number of piperidine rings is 1. The number of ether oxygens (including phenoxy) is 1. The zero-order chi connectivity index (χ0) is 14.5. The molecule has 0 aromatic carbocycles. The minimum Gasteiger partial charge on any atom is -0.377 e. The topological polar surface area (TPSA) is 50.3 Å². The number of anilines is 2. The largest absolute Gasteiger partial charge is 0.377 e. The normalized spacial score (nSPS) is 19.2. The van der Waals surface area contributed by atoms with Crippen LogP contribution in [0.2, 0.25) is 0 Å². The summed E-state index contributed by atoms with van der Waals surface area (Å²) in [5.41, 5.74) is 1.13. The van der Waals surface area contributed by atoms with E-state index < -0.39 is 0 Å². The van der Waals surface area contributed by atoms with Gasteiger partial charge in [-0.1, -0.05) is 6.92 Å². The molecule has 1 atom stereocenters. The average molecular weight is 278 g/mol. The van der Waals surface area contributed by atoms with Crippen LogP contribution in [0.3, 0.4) is 0 Å². The van der Waals surface area contributed by atoms with Gasteiger partial charge in [-0.25, -0.2) is 9.97 Å². The number of hydrogen-bond donors (Lipinski definition) is 1. The van der Waals surface area contributed by atoms with Gasteiger partial charge < -0.3 is 15.0 Å². The molecule has 0 bridgehead atoms. The second-order valence-electron chi connectivity index (χ2n) is 5.21. The summed E-state index contributed by atoms with van der Waals surface area (Å²) in [7, 11) is 1.91. The van der Waals surface area contributed by atoms with Crippen molar-refractivity contribution in [2.75, 3.05) is 37.0 Å². The predicted octanol–water partition coefficient (Wildman–Crippen LogP) is 2.39. The van der Waals surface area contributed by atoms with Gasteiger partial charge in [0.25, 0.3) is 0 Å². The Kier molecular flexibility index (Phi) is 5.17. The van der Waals surface area contributed by atoms with Crippen molar-refractivity contribution in [1.82, 2.24) is 9.97 Å². The molecule has 1 fully saturated rings. The zero-order valence-electron chi connectivity index (χ0n) is 13.1. The number of aryl methyl sites for hydroxylation is 1. The first-order chi connectivity index (χ1) is 9.69. The van der Waals surface area contributed by atoms with Gasteiger partial charge in [0.2, 0.25) is 0 Å². The predicted molar refractivity (Wildman–Crippen MR) is 82.6 cm³/mol. The molecule has 112 valence electrons. The first-order valence-electron chi connectivity index (χ1n) is 7.61. The highest BCUT2D eigenvalue weighted by atomic mass is 16.5. The average Bonchev–Trinajstić information content (AvgIpc) is 2.48. The van der Waals surface area contributed by atoms with Crippen LogP contribution in [0.15, 0.2) is 0 Å². The lowest BCUT2D eigenvalue weighted by Crippen LogP contribution is -2.40. The summed E-state index contributed by atoms with van der Waals surface area (Å²) in [5, 5.41) is 3.18. The number of nitrogens with one attached hydrogen (secondary N) is 1. The quantitative estimate of drug-likeness (QED) is 0.896. The molecule has 0 spiro atoms. The van der Waals surface area contributed by atoms with Crippen molar-refractivity contribution in [2.24, 2.45) is 0 Å². The Labute approximate surface area is 121 Å². The second-order valence-corrected chi connectivity index (χ2v) is 5.21. The molecule has 1 aromatic rings. The fraction of sp³-hybridized carbons (Fsp3) is 0.733. The molecule has 5 nitrogen and oxygen atoms in total. The van der Waals surface area contributed by atoms with E-state index in [0.29, 0.717) is 6.10 Å². The molecule has 1 aromatic heterocycles. The van der Waals surface area contributed by atoms with E-state index in [1.807, 2.05) is 7.05 Å². The molecule has 20 heavy (non-hydrogen) atoms. The molecule has 0 radical (unpaired) electrons. The summed E-state index contributed by atoms with van der Waals surface area (Å²) in [4.78, 5) is 11.6. The molecule has 1 N–H and O–H groups in total. The number of aromatic nitrogens is 2. The van der Waals surface area contributed by atoms with Gasteiger partial charge in [-0.15, -0.1) is 0 Å². The van der Waals surface area contributed by atoms with E-state index in [1.165, 1.54) is 0 Å². The Balaban J connectivity index is 2.26. The molecule has 0 amide bonds. The number of hydrogen-bond acceptors (Lipinski definition) is 5. The molecule has 0 saturated carbocycles. The summed E-state index contributed by atoms with van der Waals surface area (Å²) in [6.07, 6.45) is 3.48. The van der Waals surface area contributed by atoms with Crippen molar-refractivity contribution in [3.05, 3.63) is 11.4 Å². The van der Waals surface area contributed by atoms with Crippen LogP contribution in [0.25, 0.3) is 0 Å². The second kappa shape index (κ2) is 6.88. The van der Waals surface area contributed by atoms with Crippen LogP contribution < -0.4 is 10.2 Å². The van der Waals surface area contributed by atoms with E-state index in [2.05, 4.69) is 36.0 Å². The Hall–Kier alpha value is -1.36. The highest BCUT2D eigenvalue weighted by Gasteiger charge is 2.23. The minimum absolute atomic E-state index is 0.325. The maximum absolute atomic E-state index is 5.79. The maximum atomic E-state index is 5.79. The van der Waals surface area contributed by atoms with Gasteiger partial charge in [-0.3, -0.25) is 0 Å². The summed E-state index contributed by atoms with van der Waals surface area (Å²) >= 11 is 0. The molecule has 1 aliphatic heterocycles. The molecule has 2 heterocycles. The van der Waals surface area contributed by atoms with E-state index in [4.69, 9.17) is 9.72 Å². The van der Waals surface area contributed by atoms with E-state index in [9.17, 15) is 0 Å². The van der Waals surface area contributed by atoms with Crippen molar-refractivity contribution in [1.29, 1.82) is 0 Å². The van der Waals surface area contributed by atoms with Crippen LogP contribution >= 0.6 is 0 Å². The van der Waals surface area contributed by atoms with Crippen molar-refractivity contribution in [3.8, 4) is 0 Å². The summed E-state index contributed by atoms with van der Waals surface area (Å²) in [6.45, 7) is 9.00. The van der Waals surface area contributed by atoms with Crippen molar-refractivity contribution in [3.63, 3.8) is 0 Å². The molecule has 5 heteroatoms. The van der Waals surface area contributed by atoms with Gasteiger partial charge in [-0.2, -0.15) is 0 Å². The Morgan fingerprint density at radius 3 is 2.80 bits per heavy atom. The highest BCUT2D eigenvalue weighted by molar-refractivity contribution is 5.58. The van der Waals surface area contributed by atoms with E-state index in [1.54, 1.807) is 0 Å². The van der Waals surface area contributed by atoms with Gasteiger partial charge in [0.05, 0.1) is 6.10 Å². The van der Waals surface area contributed by atoms with E-state index >= 15 is 0 Å². The third-order valence-corrected chi connectivity index (χ3v) is 3.80. The molecule has 1 saturated heterocycles.